The molecule has 0 aliphatic heterocycles. The van der Waals surface area contributed by atoms with Gasteiger partial charge in [0.1, 0.15) is 11.8 Å². The molecule has 0 bridgehead atoms. The second-order valence-corrected chi connectivity index (χ2v) is 4.60. The van der Waals surface area contributed by atoms with Crippen molar-refractivity contribution >= 4 is 5.88 Å². The van der Waals surface area contributed by atoms with E-state index >= 15 is 0 Å². The summed E-state index contributed by atoms with van der Waals surface area (Å²) in [5.74, 6) is 1.57. The number of nitrogens with one attached hydrogen (secondary N) is 1. The lowest BCUT2D eigenvalue weighted by atomic mass is 10.2. The monoisotopic (exact) mass is 301 g/mol. The molecule has 1 aromatic heterocycles. The van der Waals surface area contributed by atoms with Gasteiger partial charge in [-0.2, -0.15) is 10.2 Å². The van der Waals surface area contributed by atoms with Gasteiger partial charge in [-0.15, -0.1) is 0 Å². The van der Waals surface area contributed by atoms with Gasteiger partial charge < -0.3 is 19.2 Å². The van der Waals surface area contributed by atoms with E-state index in [4.69, 9.17) is 19.2 Å². The van der Waals surface area contributed by atoms with Crippen LogP contribution in [0.15, 0.2) is 28.7 Å². The molecule has 0 unspecified atom stereocenters. The van der Waals surface area contributed by atoms with E-state index in [0.717, 1.165) is 17.7 Å². The Morgan fingerprint density at radius 3 is 2.68 bits per heavy atom. The topological polar surface area (TPSA) is 80.3 Å². The third kappa shape index (κ3) is 3.99. The average molecular weight is 301 g/mol. The van der Waals surface area contributed by atoms with E-state index in [1.165, 1.54) is 0 Å². The highest BCUT2D eigenvalue weighted by atomic mass is 16.5. The van der Waals surface area contributed by atoms with Crippen molar-refractivity contribution in [1.29, 1.82) is 5.26 Å². The van der Waals surface area contributed by atoms with Gasteiger partial charge in [-0.1, -0.05) is 6.92 Å². The lowest BCUT2D eigenvalue weighted by molar-refractivity contribution is 0.210. The van der Waals surface area contributed by atoms with Crippen molar-refractivity contribution in [3.8, 4) is 23.3 Å². The number of aromatic nitrogens is 1. The molecule has 0 spiro atoms. The molecule has 2 rings (SSSR count). The quantitative estimate of drug-likeness (QED) is 0.755. The summed E-state index contributed by atoms with van der Waals surface area (Å²) in [4.78, 5) is 4.20. The maximum absolute atomic E-state index is 9.11. The molecule has 0 radical (unpaired) electrons. The van der Waals surface area contributed by atoms with Crippen LogP contribution in [0.4, 0.5) is 5.88 Å². The minimum atomic E-state index is 0.234. The Morgan fingerprint density at radius 1 is 1.27 bits per heavy atom. The van der Waals surface area contributed by atoms with Gasteiger partial charge in [-0.05, 0) is 30.7 Å². The lowest BCUT2D eigenvalue weighted by Crippen LogP contribution is -2.07. The van der Waals surface area contributed by atoms with Crippen LogP contribution >= 0.6 is 0 Å². The van der Waals surface area contributed by atoms with Crippen molar-refractivity contribution in [3.05, 3.63) is 30.0 Å². The van der Waals surface area contributed by atoms with Gasteiger partial charge in [0.05, 0.1) is 13.2 Å². The highest BCUT2D eigenvalue weighted by Gasteiger charge is 2.14. The normalized spacial score (nSPS) is 10.2. The van der Waals surface area contributed by atoms with E-state index in [9.17, 15) is 0 Å². The molecule has 0 aliphatic rings. The van der Waals surface area contributed by atoms with Gasteiger partial charge in [0.2, 0.25) is 17.5 Å². The zero-order valence-corrected chi connectivity index (χ0v) is 12.8. The third-order valence-corrected chi connectivity index (χ3v) is 2.90. The van der Waals surface area contributed by atoms with Crippen LogP contribution in [0.2, 0.25) is 0 Å². The predicted octanol–water partition coefficient (Wildman–Crippen LogP) is 3.06. The first-order valence-corrected chi connectivity index (χ1v) is 7.15. The lowest BCUT2D eigenvalue weighted by Gasteiger charge is -2.04. The Balaban J connectivity index is 2.13. The summed E-state index contributed by atoms with van der Waals surface area (Å²) in [7, 11) is 1.61. The predicted molar refractivity (Wildman–Crippen MR) is 82.8 cm³/mol. The average Bonchev–Trinajstić information content (AvgIpc) is 2.97. The Morgan fingerprint density at radius 2 is 2.05 bits per heavy atom. The smallest absolute Gasteiger partial charge is 0.232 e. The number of hydrogen-bond acceptors (Lipinski definition) is 6. The van der Waals surface area contributed by atoms with E-state index in [-0.39, 0.29) is 5.69 Å². The number of benzene rings is 1. The van der Waals surface area contributed by atoms with Gasteiger partial charge in [0, 0.05) is 19.2 Å². The summed E-state index contributed by atoms with van der Waals surface area (Å²) in [6.07, 6.45) is 0.962. The molecule has 0 saturated carbocycles. The molecule has 1 N–H and O–H groups in total. The van der Waals surface area contributed by atoms with Crippen molar-refractivity contribution in [2.24, 2.45) is 0 Å². The summed E-state index contributed by atoms with van der Waals surface area (Å²) in [6, 6.07) is 9.46. The van der Waals surface area contributed by atoms with Crippen molar-refractivity contribution in [1.82, 2.24) is 4.98 Å². The molecule has 6 heteroatoms. The summed E-state index contributed by atoms with van der Waals surface area (Å²) >= 11 is 0. The molecular formula is C16H19N3O3. The van der Waals surface area contributed by atoms with Crippen LogP contribution < -0.4 is 10.1 Å². The third-order valence-electron chi connectivity index (χ3n) is 2.90. The molecule has 2 aromatic rings. The molecule has 1 heterocycles. The fourth-order valence-electron chi connectivity index (χ4n) is 1.82. The summed E-state index contributed by atoms with van der Waals surface area (Å²) in [5, 5.41) is 12.1. The second kappa shape index (κ2) is 8.05. The highest BCUT2D eigenvalue weighted by Crippen LogP contribution is 2.26. The Kier molecular flexibility index (Phi) is 5.81. The first-order chi connectivity index (χ1) is 10.8. The number of nitriles is 1. The largest absolute Gasteiger partial charge is 0.494 e. The number of anilines is 1. The van der Waals surface area contributed by atoms with Crippen molar-refractivity contribution < 1.29 is 13.9 Å². The van der Waals surface area contributed by atoms with Gasteiger partial charge in [0.15, 0.2) is 0 Å². The number of oxazole rings is 1. The maximum Gasteiger partial charge on any atom is 0.232 e. The van der Waals surface area contributed by atoms with Crippen molar-refractivity contribution in [3.63, 3.8) is 0 Å². The second-order valence-electron chi connectivity index (χ2n) is 4.60. The van der Waals surface area contributed by atoms with Crippen molar-refractivity contribution in [2.75, 3.05) is 32.2 Å². The standard InChI is InChI=1S/C16H19N3O3/c1-3-9-21-13-6-4-12(5-7-13)15-19-14(11-17)16(22-15)18-8-10-20-2/h4-7,18H,3,8-10H2,1-2H3. The highest BCUT2D eigenvalue weighted by molar-refractivity contribution is 5.59. The Hall–Kier alpha value is -2.52. The molecular weight excluding hydrogens is 282 g/mol. The number of rotatable bonds is 8. The van der Waals surface area contributed by atoms with Crippen LogP contribution in [-0.2, 0) is 4.74 Å². The van der Waals surface area contributed by atoms with Gasteiger partial charge in [-0.3, -0.25) is 0 Å². The SMILES string of the molecule is CCCOc1ccc(-c2nc(C#N)c(NCCOC)o2)cc1. The number of hydrogen-bond donors (Lipinski definition) is 1. The number of nitrogens with zero attached hydrogens (tertiary/aromatic N) is 2. The Bertz CT molecular complexity index is 629. The minimum Gasteiger partial charge on any atom is -0.494 e. The van der Waals surface area contributed by atoms with Crippen LogP contribution in [0.1, 0.15) is 19.0 Å². The fourth-order valence-corrected chi connectivity index (χ4v) is 1.82. The summed E-state index contributed by atoms with van der Waals surface area (Å²) in [5.41, 5.74) is 1.03. The van der Waals surface area contributed by atoms with Crippen LogP contribution in [0.25, 0.3) is 11.5 Å². The molecule has 0 saturated heterocycles. The van der Waals surface area contributed by atoms with E-state index in [2.05, 4.69) is 17.2 Å². The van der Waals surface area contributed by atoms with E-state index in [0.29, 0.717) is 31.5 Å². The van der Waals surface area contributed by atoms with Crippen LogP contribution in [0.3, 0.4) is 0 Å². The van der Waals surface area contributed by atoms with Gasteiger partial charge in [-0.25, -0.2) is 0 Å². The minimum absolute atomic E-state index is 0.234. The zero-order valence-electron chi connectivity index (χ0n) is 12.8. The van der Waals surface area contributed by atoms with Gasteiger partial charge >= 0.3 is 0 Å². The Labute approximate surface area is 129 Å². The zero-order chi connectivity index (χ0) is 15.8. The molecule has 1 aromatic carbocycles. The van der Waals surface area contributed by atoms with Gasteiger partial charge in [0.25, 0.3) is 0 Å². The van der Waals surface area contributed by atoms with Crippen molar-refractivity contribution in [2.45, 2.75) is 13.3 Å². The molecule has 22 heavy (non-hydrogen) atoms. The van der Waals surface area contributed by atoms with Crippen LogP contribution in [0, 0.1) is 11.3 Å². The first kappa shape index (κ1) is 15.9. The molecule has 0 atom stereocenters. The van der Waals surface area contributed by atoms with E-state index in [1.54, 1.807) is 7.11 Å². The van der Waals surface area contributed by atoms with Crippen LogP contribution in [-0.4, -0.2) is 31.9 Å². The maximum atomic E-state index is 9.11. The van der Waals surface area contributed by atoms with E-state index in [1.807, 2.05) is 30.3 Å². The molecule has 6 nitrogen and oxygen atoms in total. The summed E-state index contributed by atoms with van der Waals surface area (Å²) < 4.78 is 16.1. The first-order valence-electron chi connectivity index (χ1n) is 7.15. The fraction of sp³-hybridized carbons (Fsp3) is 0.375. The number of ether oxygens (including phenoxy) is 2. The summed E-state index contributed by atoms with van der Waals surface area (Å²) in [6.45, 7) is 3.81. The number of methoxy groups -OCH3 is 1. The molecule has 0 aliphatic carbocycles. The molecule has 0 fully saturated rings. The molecule has 0 amide bonds. The van der Waals surface area contributed by atoms with E-state index < -0.39 is 0 Å². The van der Waals surface area contributed by atoms with Crippen LogP contribution in [0.5, 0.6) is 5.75 Å². The molecule has 116 valence electrons.